The van der Waals surface area contributed by atoms with E-state index in [1.807, 2.05) is 6.07 Å². The van der Waals surface area contributed by atoms with Crippen molar-refractivity contribution in [3.63, 3.8) is 0 Å². The van der Waals surface area contributed by atoms with E-state index in [0.717, 1.165) is 12.3 Å². The minimum Gasteiger partial charge on any atom is -0.491 e. The van der Waals surface area contributed by atoms with Crippen molar-refractivity contribution in [3.8, 4) is 5.75 Å². The molecule has 0 heterocycles. The van der Waals surface area contributed by atoms with Crippen LogP contribution in [0.2, 0.25) is 0 Å². The van der Waals surface area contributed by atoms with Gasteiger partial charge in [0.25, 0.3) is 0 Å². The molecule has 0 aliphatic heterocycles. The highest BCUT2D eigenvalue weighted by Gasteiger charge is 2.23. The second-order valence-electron chi connectivity index (χ2n) is 11.6. The van der Waals surface area contributed by atoms with Gasteiger partial charge in [0, 0.05) is 5.56 Å². The van der Waals surface area contributed by atoms with Crippen LogP contribution in [0.5, 0.6) is 5.75 Å². The number of ether oxygens (including phenoxy) is 2. The number of benzene rings is 2. The molecule has 0 radical (unpaired) electrons. The minimum absolute atomic E-state index is 0.00407. The van der Waals surface area contributed by atoms with Crippen LogP contribution < -0.4 is 4.74 Å². The average molecular weight is 443 g/mol. The molecule has 4 nitrogen and oxygen atoms in total. The molecule has 2 aromatic carbocycles. The summed E-state index contributed by atoms with van der Waals surface area (Å²) >= 11 is 0. The van der Waals surface area contributed by atoms with Crippen molar-refractivity contribution < 1.29 is 19.1 Å². The highest BCUT2D eigenvalue weighted by Crippen LogP contribution is 2.35. The lowest BCUT2D eigenvalue weighted by atomic mass is 9.80. The standard InChI is InChI=1S/C28H44NO3/c1-27(2,3)23-14-15-26(25(18-23)28(4,5)6)32-17-16-31-21-24(30)20-29(7,8)19-22-12-10-9-11-13-22/h9-15,18,24,30H,16-17,19-21H2,1-8H3/q+1/t24-/m1/s1. The van der Waals surface area contributed by atoms with E-state index in [1.165, 1.54) is 16.7 Å². The fourth-order valence-corrected chi connectivity index (χ4v) is 3.90. The number of nitrogens with zero attached hydrogens (tertiary/aromatic N) is 1. The van der Waals surface area contributed by atoms with Crippen molar-refractivity contribution in [2.45, 2.75) is 65.0 Å². The quantitative estimate of drug-likeness (QED) is 0.400. The topological polar surface area (TPSA) is 38.7 Å². The third kappa shape index (κ3) is 8.57. The van der Waals surface area contributed by atoms with Crippen molar-refractivity contribution in [1.29, 1.82) is 0 Å². The molecule has 0 unspecified atom stereocenters. The Hall–Kier alpha value is -1.88. The van der Waals surface area contributed by atoms with E-state index < -0.39 is 6.10 Å². The lowest BCUT2D eigenvalue weighted by molar-refractivity contribution is -0.906. The Morgan fingerprint density at radius 1 is 0.875 bits per heavy atom. The first-order valence-corrected chi connectivity index (χ1v) is 11.7. The van der Waals surface area contributed by atoms with Crippen LogP contribution >= 0.6 is 0 Å². The van der Waals surface area contributed by atoms with Gasteiger partial charge >= 0.3 is 0 Å². The molecule has 0 aliphatic carbocycles. The summed E-state index contributed by atoms with van der Waals surface area (Å²) in [6, 6.07) is 16.9. The Morgan fingerprint density at radius 2 is 1.53 bits per heavy atom. The zero-order chi connectivity index (χ0) is 24.0. The molecule has 0 aliphatic rings. The largest absolute Gasteiger partial charge is 0.491 e. The molecule has 2 rings (SSSR count). The average Bonchev–Trinajstić information content (AvgIpc) is 2.66. The maximum Gasteiger partial charge on any atom is 0.126 e. The van der Waals surface area contributed by atoms with Gasteiger partial charge in [-0.25, -0.2) is 0 Å². The summed E-state index contributed by atoms with van der Waals surface area (Å²) < 4.78 is 12.5. The number of hydrogen-bond donors (Lipinski definition) is 1. The summed E-state index contributed by atoms with van der Waals surface area (Å²) in [5.74, 6) is 0.912. The number of quaternary nitrogens is 1. The number of aliphatic hydroxyl groups excluding tert-OH is 1. The molecule has 0 saturated carbocycles. The number of aliphatic hydroxyl groups is 1. The Morgan fingerprint density at radius 3 is 2.12 bits per heavy atom. The lowest BCUT2D eigenvalue weighted by Gasteiger charge is -2.32. The second kappa shape index (κ2) is 10.8. The summed E-state index contributed by atoms with van der Waals surface area (Å²) in [6.45, 7) is 16.1. The Kier molecular flexibility index (Phi) is 8.92. The number of hydrogen-bond acceptors (Lipinski definition) is 3. The van der Waals surface area contributed by atoms with E-state index in [2.05, 4.69) is 98.1 Å². The zero-order valence-corrected chi connectivity index (χ0v) is 21.4. The van der Waals surface area contributed by atoms with E-state index in [-0.39, 0.29) is 10.8 Å². The molecule has 2 aromatic rings. The second-order valence-corrected chi connectivity index (χ2v) is 11.6. The molecule has 0 spiro atoms. The third-order valence-electron chi connectivity index (χ3n) is 5.61. The van der Waals surface area contributed by atoms with Gasteiger partial charge in [-0.15, -0.1) is 0 Å². The summed E-state index contributed by atoms with van der Waals surface area (Å²) in [4.78, 5) is 0. The first kappa shape index (κ1) is 26.4. The molecule has 0 fully saturated rings. The van der Waals surface area contributed by atoms with Crippen molar-refractivity contribution in [2.24, 2.45) is 0 Å². The van der Waals surface area contributed by atoms with Gasteiger partial charge in [0.15, 0.2) is 0 Å². The van der Waals surface area contributed by atoms with Crippen molar-refractivity contribution in [2.75, 3.05) is 40.5 Å². The molecule has 1 atom stereocenters. The lowest BCUT2D eigenvalue weighted by Crippen LogP contribution is -2.45. The van der Waals surface area contributed by atoms with Gasteiger partial charge in [0.1, 0.15) is 31.5 Å². The van der Waals surface area contributed by atoms with Crippen molar-refractivity contribution >= 4 is 0 Å². The summed E-state index contributed by atoms with van der Waals surface area (Å²) in [5.41, 5.74) is 3.89. The highest BCUT2D eigenvalue weighted by molar-refractivity contribution is 5.43. The van der Waals surface area contributed by atoms with Gasteiger partial charge in [0.05, 0.1) is 27.3 Å². The van der Waals surface area contributed by atoms with Crippen molar-refractivity contribution in [3.05, 3.63) is 65.2 Å². The Bertz CT molecular complexity index is 832. The molecule has 4 heteroatoms. The molecule has 0 aromatic heterocycles. The fourth-order valence-electron chi connectivity index (χ4n) is 3.90. The van der Waals surface area contributed by atoms with Gasteiger partial charge in [0.2, 0.25) is 0 Å². The van der Waals surface area contributed by atoms with Crippen LogP contribution in [-0.2, 0) is 22.1 Å². The SMILES string of the molecule is CC(C)(C)c1ccc(OCCOC[C@H](O)C[N+](C)(C)Cc2ccccc2)c(C(C)(C)C)c1. The van der Waals surface area contributed by atoms with Gasteiger partial charge in [-0.2, -0.15) is 0 Å². The predicted molar refractivity (Wildman–Crippen MR) is 133 cm³/mol. The van der Waals surface area contributed by atoms with E-state index in [1.54, 1.807) is 0 Å². The van der Waals surface area contributed by atoms with Crippen LogP contribution in [-0.4, -0.2) is 56.2 Å². The molecular weight excluding hydrogens is 398 g/mol. The molecule has 0 saturated heterocycles. The first-order valence-electron chi connectivity index (χ1n) is 11.7. The Labute approximate surface area is 195 Å². The van der Waals surface area contributed by atoms with E-state index in [0.29, 0.717) is 30.8 Å². The van der Waals surface area contributed by atoms with E-state index in [9.17, 15) is 5.11 Å². The van der Waals surface area contributed by atoms with E-state index in [4.69, 9.17) is 9.47 Å². The first-order chi connectivity index (χ1) is 14.8. The molecule has 178 valence electrons. The summed E-state index contributed by atoms with van der Waals surface area (Å²) in [7, 11) is 4.27. The minimum atomic E-state index is -0.509. The van der Waals surface area contributed by atoms with Crippen LogP contribution in [0.15, 0.2) is 48.5 Å². The van der Waals surface area contributed by atoms with E-state index >= 15 is 0 Å². The molecular formula is C28H44NO3+. The third-order valence-corrected chi connectivity index (χ3v) is 5.61. The highest BCUT2D eigenvalue weighted by atomic mass is 16.5. The van der Waals surface area contributed by atoms with Crippen LogP contribution in [0.4, 0.5) is 0 Å². The van der Waals surface area contributed by atoms with Gasteiger partial charge in [-0.05, 0) is 28.0 Å². The van der Waals surface area contributed by atoms with Gasteiger partial charge < -0.3 is 19.1 Å². The van der Waals surface area contributed by atoms with Crippen molar-refractivity contribution in [1.82, 2.24) is 0 Å². The molecule has 32 heavy (non-hydrogen) atoms. The van der Waals surface area contributed by atoms with Gasteiger partial charge in [-0.3, -0.25) is 0 Å². The number of likely N-dealkylation sites (N-methyl/N-ethyl adjacent to an activating group) is 1. The Balaban J connectivity index is 1.82. The monoisotopic (exact) mass is 442 g/mol. The molecule has 1 N–H and O–H groups in total. The van der Waals surface area contributed by atoms with Crippen LogP contribution in [0.1, 0.15) is 58.2 Å². The predicted octanol–water partition coefficient (Wildman–Crippen LogP) is 5.31. The molecule has 0 bridgehead atoms. The maximum absolute atomic E-state index is 10.5. The number of rotatable bonds is 10. The van der Waals surface area contributed by atoms with Crippen LogP contribution in [0, 0.1) is 0 Å². The maximum atomic E-state index is 10.5. The van der Waals surface area contributed by atoms with Crippen LogP contribution in [0.3, 0.4) is 0 Å². The molecule has 0 amide bonds. The normalized spacial score (nSPS) is 13.8. The zero-order valence-electron chi connectivity index (χ0n) is 21.4. The van der Waals surface area contributed by atoms with Gasteiger partial charge in [-0.1, -0.05) is 84.0 Å². The summed E-state index contributed by atoms with van der Waals surface area (Å²) in [6.07, 6.45) is -0.509. The smallest absolute Gasteiger partial charge is 0.126 e. The summed E-state index contributed by atoms with van der Waals surface area (Å²) in [5, 5.41) is 10.5. The fraction of sp³-hybridized carbons (Fsp3) is 0.571. The van der Waals surface area contributed by atoms with Crippen LogP contribution in [0.25, 0.3) is 0 Å².